The van der Waals surface area contributed by atoms with Crippen molar-refractivity contribution in [3.8, 4) is 5.75 Å². The van der Waals surface area contributed by atoms with E-state index in [4.69, 9.17) is 27.4 Å². The summed E-state index contributed by atoms with van der Waals surface area (Å²) >= 11 is 11.9. The monoisotopic (exact) mass is 344 g/mol. The van der Waals surface area contributed by atoms with E-state index in [1.807, 2.05) is 26.0 Å². The van der Waals surface area contributed by atoms with Crippen LogP contribution in [0.3, 0.4) is 0 Å². The maximum absolute atomic E-state index is 12.4. The summed E-state index contributed by atoms with van der Waals surface area (Å²) in [5.74, 6) is 0.404. The van der Waals surface area contributed by atoms with Gasteiger partial charge in [-0.2, -0.15) is 8.42 Å². The number of hydrogen-bond donors (Lipinski definition) is 0. The molecule has 0 aliphatic carbocycles. The Hall–Kier alpha value is -1.23. The summed E-state index contributed by atoms with van der Waals surface area (Å²) in [5.41, 5.74) is 0.796. The first-order valence-corrected chi connectivity index (χ1v) is 8.47. The fraction of sp³-hybridized carbons (Fsp3) is 0.200. The van der Waals surface area contributed by atoms with Crippen molar-refractivity contribution in [1.29, 1.82) is 0 Å². The first-order chi connectivity index (χ1) is 9.83. The highest BCUT2D eigenvalue weighted by molar-refractivity contribution is 7.87. The third-order valence-electron chi connectivity index (χ3n) is 2.91. The highest BCUT2D eigenvalue weighted by atomic mass is 35.5. The van der Waals surface area contributed by atoms with Crippen molar-refractivity contribution in [1.82, 2.24) is 0 Å². The van der Waals surface area contributed by atoms with E-state index in [-0.39, 0.29) is 26.6 Å². The zero-order chi connectivity index (χ0) is 15.6. The molecular weight excluding hydrogens is 331 g/mol. The minimum absolute atomic E-state index is 0.0320. The summed E-state index contributed by atoms with van der Waals surface area (Å²) in [6.45, 7) is 3.91. The van der Waals surface area contributed by atoms with E-state index in [1.165, 1.54) is 12.1 Å². The van der Waals surface area contributed by atoms with Crippen LogP contribution in [-0.4, -0.2) is 8.42 Å². The maximum Gasteiger partial charge on any atom is 0.342 e. The van der Waals surface area contributed by atoms with Gasteiger partial charge in [-0.15, -0.1) is 0 Å². The molecule has 0 atom stereocenters. The predicted octanol–water partition coefficient (Wildman–Crippen LogP) is 4.88. The lowest BCUT2D eigenvalue weighted by molar-refractivity contribution is 0.481. The maximum atomic E-state index is 12.4. The number of benzene rings is 2. The van der Waals surface area contributed by atoms with Crippen molar-refractivity contribution in [2.45, 2.75) is 24.7 Å². The molecule has 0 aliphatic rings. The first-order valence-electron chi connectivity index (χ1n) is 6.30. The van der Waals surface area contributed by atoms with Crippen LogP contribution in [0.1, 0.15) is 25.3 Å². The smallest absolute Gasteiger partial charge is 0.342 e. The molecule has 3 nitrogen and oxygen atoms in total. The third kappa shape index (κ3) is 3.51. The fourth-order valence-corrected chi connectivity index (χ4v) is 3.96. The van der Waals surface area contributed by atoms with Gasteiger partial charge in [-0.1, -0.05) is 61.3 Å². The molecule has 0 fully saturated rings. The Balaban J connectivity index is 2.48. The molecular formula is C15H14Cl2O3S. The number of para-hydroxylation sites is 1. The van der Waals surface area contributed by atoms with Crippen molar-refractivity contribution < 1.29 is 12.6 Å². The summed E-state index contributed by atoms with van der Waals surface area (Å²) in [6, 6.07) is 11.5. The second-order valence-electron chi connectivity index (χ2n) is 4.78. The molecule has 0 saturated carbocycles. The molecule has 0 aliphatic heterocycles. The van der Waals surface area contributed by atoms with Crippen LogP contribution in [0.2, 0.25) is 10.0 Å². The van der Waals surface area contributed by atoms with Crippen LogP contribution in [0.15, 0.2) is 47.4 Å². The van der Waals surface area contributed by atoms with E-state index >= 15 is 0 Å². The molecule has 2 rings (SSSR count). The lowest BCUT2D eigenvalue weighted by Gasteiger charge is -2.14. The van der Waals surface area contributed by atoms with Gasteiger partial charge in [-0.25, -0.2) is 0 Å². The molecule has 112 valence electrons. The summed E-state index contributed by atoms with van der Waals surface area (Å²) in [6.07, 6.45) is 0. The van der Waals surface area contributed by atoms with Crippen LogP contribution in [-0.2, 0) is 10.1 Å². The van der Waals surface area contributed by atoms with E-state index in [9.17, 15) is 8.42 Å². The second-order valence-corrected chi connectivity index (χ2v) is 7.08. The Kier molecular flexibility index (Phi) is 4.81. The molecule has 2 aromatic rings. The Bertz CT molecular complexity index is 735. The minimum Gasteiger partial charge on any atom is -0.379 e. The minimum atomic E-state index is -4.09. The molecule has 0 aromatic heterocycles. The van der Waals surface area contributed by atoms with Gasteiger partial charge in [0.15, 0.2) is 0 Å². The Morgan fingerprint density at radius 3 is 2.10 bits per heavy atom. The molecule has 0 amide bonds. The molecule has 0 N–H and O–H groups in total. The van der Waals surface area contributed by atoms with Crippen LogP contribution in [0.25, 0.3) is 0 Å². The number of halogens is 2. The lowest BCUT2D eigenvalue weighted by Crippen LogP contribution is -2.12. The Labute approximate surface area is 134 Å². The summed E-state index contributed by atoms with van der Waals surface area (Å²) in [7, 11) is -4.09. The van der Waals surface area contributed by atoms with E-state index in [0.717, 1.165) is 5.56 Å². The van der Waals surface area contributed by atoms with Crippen LogP contribution >= 0.6 is 23.2 Å². The standard InChI is InChI=1S/C15H14Cl2O3S/c1-10(2)11-6-3-4-9-14(11)20-21(18,19)15-12(16)7-5-8-13(15)17/h3-10H,1-2H3. The van der Waals surface area contributed by atoms with Gasteiger partial charge < -0.3 is 4.18 Å². The van der Waals surface area contributed by atoms with Gasteiger partial charge in [0.25, 0.3) is 0 Å². The number of hydrogen-bond acceptors (Lipinski definition) is 3. The van der Waals surface area contributed by atoms with Gasteiger partial charge in [0.05, 0.1) is 10.0 Å². The molecule has 0 saturated heterocycles. The molecule has 0 spiro atoms. The molecule has 0 unspecified atom stereocenters. The van der Waals surface area contributed by atoms with Gasteiger partial charge in [0.1, 0.15) is 10.6 Å². The van der Waals surface area contributed by atoms with Gasteiger partial charge in [0.2, 0.25) is 0 Å². The fourth-order valence-electron chi connectivity index (χ4n) is 1.91. The summed E-state index contributed by atoms with van der Waals surface area (Å²) in [4.78, 5) is -0.216. The molecule has 6 heteroatoms. The lowest BCUT2D eigenvalue weighted by atomic mass is 10.0. The van der Waals surface area contributed by atoms with Crippen molar-refractivity contribution in [2.75, 3.05) is 0 Å². The molecule has 0 radical (unpaired) electrons. The Morgan fingerprint density at radius 2 is 1.52 bits per heavy atom. The second kappa shape index (κ2) is 6.26. The van der Waals surface area contributed by atoms with E-state index in [2.05, 4.69) is 0 Å². The van der Waals surface area contributed by atoms with Crippen LogP contribution in [0.4, 0.5) is 0 Å². The zero-order valence-electron chi connectivity index (χ0n) is 11.5. The Morgan fingerprint density at radius 1 is 0.952 bits per heavy atom. The van der Waals surface area contributed by atoms with Crippen LogP contribution < -0.4 is 4.18 Å². The van der Waals surface area contributed by atoms with Crippen LogP contribution in [0.5, 0.6) is 5.75 Å². The van der Waals surface area contributed by atoms with Crippen LogP contribution in [0, 0.1) is 0 Å². The van der Waals surface area contributed by atoms with E-state index in [0.29, 0.717) is 0 Å². The van der Waals surface area contributed by atoms with Crippen molar-refractivity contribution in [2.24, 2.45) is 0 Å². The van der Waals surface area contributed by atoms with E-state index in [1.54, 1.807) is 18.2 Å². The quantitative estimate of drug-likeness (QED) is 0.742. The first kappa shape index (κ1) is 16.1. The average Bonchev–Trinajstić information content (AvgIpc) is 2.37. The predicted molar refractivity (Wildman–Crippen MR) is 84.8 cm³/mol. The highest BCUT2D eigenvalue weighted by Gasteiger charge is 2.25. The van der Waals surface area contributed by atoms with Gasteiger partial charge in [-0.3, -0.25) is 0 Å². The summed E-state index contributed by atoms with van der Waals surface area (Å²) < 4.78 is 30.1. The van der Waals surface area contributed by atoms with Crippen molar-refractivity contribution >= 4 is 33.3 Å². The van der Waals surface area contributed by atoms with Gasteiger partial charge in [-0.05, 0) is 29.7 Å². The molecule has 0 bridgehead atoms. The average molecular weight is 345 g/mol. The summed E-state index contributed by atoms with van der Waals surface area (Å²) in [5, 5.41) is 0.0639. The van der Waals surface area contributed by atoms with Crippen molar-refractivity contribution in [3.05, 3.63) is 58.1 Å². The normalized spacial score (nSPS) is 11.7. The van der Waals surface area contributed by atoms with Crippen molar-refractivity contribution in [3.63, 3.8) is 0 Å². The largest absolute Gasteiger partial charge is 0.379 e. The topological polar surface area (TPSA) is 43.4 Å². The molecule has 21 heavy (non-hydrogen) atoms. The van der Waals surface area contributed by atoms with E-state index < -0.39 is 10.1 Å². The SMILES string of the molecule is CC(C)c1ccccc1OS(=O)(=O)c1c(Cl)cccc1Cl. The van der Waals surface area contributed by atoms with Gasteiger partial charge in [0, 0.05) is 0 Å². The zero-order valence-corrected chi connectivity index (χ0v) is 13.8. The van der Waals surface area contributed by atoms with Gasteiger partial charge >= 0.3 is 10.1 Å². The third-order valence-corrected chi connectivity index (χ3v) is 5.10. The molecule has 0 heterocycles. The molecule has 2 aromatic carbocycles. The highest BCUT2D eigenvalue weighted by Crippen LogP contribution is 2.33. The number of rotatable bonds is 4.